The lowest BCUT2D eigenvalue weighted by Crippen LogP contribution is -1.80. The molecule has 2 nitrogen and oxygen atoms in total. The number of hydrogen-bond acceptors (Lipinski definition) is 2. The highest BCUT2D eigenvalue weighted by molar-refractivity contribution is 5.78. The third-order valence-electron chi connectivity index (χ3n) is 2.55. The van der Waals surface area contributed by atoms with Gasteiger partial charge in [0.15, 0.2) is 0 Å². The first kappa shape index (κ1) is 23.8. The highest BCUT2D eigenvalue weighted by Crippen LogP contribution is 2.10. The molecule has 0 radical (unpaired) electrons. The fourth-order valence-electron chi connectivity index (χ4n) is 1.62. The summed E-state index contributed by atoms with van der Waals surface area (Å²) in [6.45, 7) is 17.0. The molecule has 0 N–H and O–H groups in total. The summed E-state index contributed by atoms with van der Waals surface area (Å²) in [4.78, 5) is 8.35. The van der Waals surface area contributed by atoms with Crippen LogP contribution in [0.3, 0.4) is 0 Å². The van der Waals surface area contributed by atoms with E-state index in [0.29, 0.717) is 0 Å². The van der Waals surface area contributed by atoms with Crippen LogP contribution in [0.2, 0.25) is 0 Å². The van der Waals surface area contributed by atoms with E-state index in [1.165, 1.54) is 5.39 Å². The van der Waals surface area contributed by atoms with E-state index >= 15 is 0 Å². The molecule has 26 heavy (non-hydrogen) atoms. The van der Waals surface area contributed by atoms with E-state index in [1.54, 1.807) is 6.20 Å². The summed E-state index contributed by atoms with van der Waals surface area (Å²) in [6.07, 6.45) is 1.79. The first-order valence-electron chi connectivity index (χ1n) is 9.42. The normalized spacial score (nSPS) is 9.46. The van der Waals surface area contributed by atoms with E-state index in [0.717, 1.165) is 28.7 Å². The van der Waals surface area contributed by atoms with Gasteiger partial charge in [0.1, 0.15) is 0 Å². The smallest absolute Gasteiger partial charge is 0.0705 e. The van der Waals surface area contributed by atoms with Crippen LogP contribution < -0.4 is 0 Å². The first-order valence-corrected chi connectivity index (χ1v) is 9.42. The second-order valence-corrected chi connectivity index (χ2v) is 7.58. The second-order valence-electron chi connectivity index (χ2n) is 7.58. The lowest BCUT2D eigenvalue weighted by Gasteiger charge is -1.95. The summed E-state index contributed by atoms with van der Waals surface area (Å²) >= 11 is 0. The standard InChI is InChI=1S/C10H9N.C6H7N.2C4H10/c1-8-6-7-9-4-2-3-5-10(9)11-8;1-6-4-2-3-5-7-6;2*1-4(2)3/h2-7H,1H3;2-5H,1H3;2*4H,1-3H3. The summed E-state index contributed by atoms with van der Waals surface area (Å²) in [5, 5.41) is 1.21. The lowest BCUT2D eigenvalue weighted by atomic mass is 10.2. The van der Waals surface area contributed by atoms with Gasteiger partial charge >= 0.3 is 0 Å². The Morgan fingerprint density at radius 1 is 0.615 bits per heavy atom. The Morgan fingerprint density at radius 2 is 1.15 bits per heavy atom. The summed E-state index contributed by atoms with van der Waals surface area (Å²) in [5.74, 6) is 1.67. The summed E-state index contributed by atoms with van der Waals surface area (Å²) in [7, 11) is 0. The molecular weight excluding hydrogens is 316 g/mol. The topological polar surface area (TPSA) is 25.8 Å². The predicted octanol–water partition coefficient (Wildman–Crippen LogP) is 7.26. The van der Waals surface area contributed by atoms with E-state index in [9.17, 15) is 0 Å². The maximum Gasteiger partial charge on any atom is 0.0705 e. The van der Waals surface area contributed by atoms with Crippen LogP contribution >= 0.6 is 0 Å². The number of nitrogens with zero attached hydrogens (tertiary/aromatic N) is 2. The van der Waals surface area contributed by atoms with Crippen LogP contribution in [0.5, 0.6) is 0 Å². The van der Waals surface area contributed by atoms with Crippen LogP contribution in [-0.2, 0) is 0 Å². The molecule has 0 bridgehead atoms. The van der Waals surface area contributed by atoms with Gasteiger partial charge in [-0.1, -0.05) is 71.9 Å². The van der Waals surface area contributed by atoms with E-state index in [-0.39, 0.29) is 0 Å². The zero-order valence-electron chi connectivity index (χ0n) is 17.8. The zero-order chi connectivity index (χ0) is 19.9. The van der Waals surface area contributed by atoms with E-state index in [1.807, 2.05) is 56.3 Å². The number of rotatable bonds is 0. The molecule has 0 fully saturated rings. The van der Waals surface area contributed by atoms with Crippen molar-refractivity contribution >= 4 is 10.9 Å². The molecule has 142 valence electrons. The van der Waals surface area contributed by atoms with E-state index in [2.05, 4.69) is 63.6 Å². The Balaban J connectivity index is 0.000000360. The van der Waals surface area contributed by atoms with Crippen LogP contribution in [0.15, 0.2) is 60.8 Å². The third kappa shape index (κ3) is 14.2. The molecule has 0 unspecified atom stereocenters. The summed E-state index contributed by atoms with van der Waals surface area (Å²) < 4.78 is 0. The number of aryl methyl sites for hydroxylation is 2. The number of hydrogen-bond donors (Lipinski definition) is 0. The highest BCUT2D eigenvalue weighted by Gasteiger charge is 1.91. The molecule has 0 aliphatic carbocycles. The number of aromatic nitrogens is 2. The van der Waals surface area contributed by atoms with Crippen molar-refractivity contribution in [3.63, 3.8) is 0 Å². The van der Waals surface area contributed by atoms with Gasteiger partial charge in [-0.25, -0.2) is 0 Å². The number of pyridine rings is 2. The minimum atomic E-state index is 0.833. The molecule has 0 aliphatic heterocycles. The first-order chi connectivity index (χ1) is 12.2. The molecule has 0 atom stereocenters. The molecule has 0 aliphatic rings. The minimum Gasteiger partial charge on any atom is -0.262 e. The van der Waals surface area contributed by atoms with Gasteiger partial charge in [-0.3, -0.25) is 9.97 Å². The van der Waals surface area contributed by atoms with Crippen LogP contribution in [0.1, 0.15) is 52.9 Å². The quantitative estimate of drug-likeness (QED) is 0.425. The molecule has 0 saturated heterocycles. The SMILES string of the molecule is CC(C)C.CC(C)C.Cc1ccc2ccccc2n1.Cc1ccccn1. The van der Waals surface area contributed by atoms with Crippen molar-refractivity contribution in [2.75, 3.05) is 0 Å². The van der Waals surface area contributed by atoms with Crippen LogP contribution in [0.4, 0.5) is 0 Å². The average molecular weight is 353 g/mol. The Labute approximate surface area is 160 Å². The Kier molecular flexibility index (Phi) is 12.8. The van der Waals surface area contributed by atoms with Gasteiger partial charge < -0.3 is 0 Å². The molecule has 0 spiro atoms. The maximum atomic E-state index is 4.38. The molecule has 2 heterocycles. The molecule has 2 aromatic heterocycles. The maximum absolute atomic E-state index is 4.38. The van der Waals surface area contributed by atoms with Crippen LogP contribution in [-0.4, -0.2) is 9.97 Å². The van der Waals surface area contributed by atoms with Crippen molar-refractivity contribution in [1.29, 1.82) is 0 Å². The summed E-state index contributed by atoms with van der Waals surface area (Å²) in [6, 6.07) is 18.1. The Hall–Kier alpha value is -2.22. The lowest BCUT2D eigenvalue weighted by molar-refractivity contribution is 0.736. The Bertz CT molecular complexity index is 692. The van der Waals surface area contributed by atoms with Gasteiger partial charge in [0.05, 0.1) is 5.52 Å². The number of benzene rings is 1. The molecule has 3 aromatic rings. The van der Waals surface area contributed by atoms with Crippen LogP contribution in [0.25, 0.3) is 10.9 Å². The molecule has 1 aromatic carbocycles. The third-order valence-corrected chi connectivity index (χ3v) is 2.55. The van der Waals surface area contributed by atoms with Gasteiger partial charge in [0, 0.05) is 23.0 Å². The highest BCUT2D eigenvalue weighted by atomic mass is 14.7. The van der Waals surface area contributed by atoms with Crippen molar-refractivity contribution < 1.29 is 0 Å². The van der Waals surface area contributed by atoms with Crippen molar-refractivity contribution in [3.8, 4) is 0 Å². The van der Waals surface area contributed by atoms with Crippen LogP contribution in [0, 0.1) is 25.7 Å². The molecule has 0 saturated carbocycles. The number of para-hydroxylation sites is 1. The van der Waals surface area contributed by atoms with Gasteiger partial charge in [0.2, 0.25) is 0 Å². The summed E-state index contributed by atoms with van der Waals surface area (Å²) in [5.41, 5.74) is 3.22. The van der Waals surface area contributed by atoms with E-state index in [4.69, 9.17) is 0 Å². The van der Waals surface area contributed by atoms with Crippen molar-refractivity contribution in [2.24, 2.45) is 11.8 Å². The van der Waals surface area contributed by atoms with Crippen molar-refractivity contribution in [3.05, 3.63) is 72.2 Å². The molecule has 2 heteroatoms. The number of fused-ring (bicyclic) bond motifs is 1. The van der Waals surface area contributed by atoms with Crippen molar-refractivity contribution in [2.45, 2.75) is 55.4 Å². The van der Waals surface area contributed by atoms with Gasteiger partial charge in [-0.05, 0) is 49.9 Å². The molecular formula is C24H36N2. The monoisotopic (exact) mass is 352 g/mol. The van der Waals surface area contributed by atoms with Gasteiger partial charge in [-0.2, -0.15) is 0 Å². The fraction of sp³-hybridized carbons (Fsp3) is 0.417. The predicted molar refractivity (Wildman–Crippen MR) is 116 cm³/mol. The zero-order valence-corrected chi connectivity index (χ0v) is 17.8. The van der Waals surface area contributed by atoms with Gasteiger partial charge in [0.25, 0.3) is 0 Å². The second kappa shape index (κ2) is 14.0. The fourth-order valence-corrected chi connectivity index (χ4v) is 1.62. The minimum absolute atomic E-state index is 0.833. The Morgan fingerprint density at radius 3 is 1.62 bits per heavy atom. The largest absolute Gasteiger partial charge is 0.262 e. The van der Waals surface area contributed by atoms with E-state index < -0.39 is 0 Å². The molecule has 0 amide bonds. The average Bonchev–Trinajstić information content (AvgIpc) is 2.55. The van der Waals surface area contributed by atoms with Crippen molar-refractivity contribution in [1.82, 2.24) is 9.97 Å². The molecule has 3 rings (SSSR count). The van der Waals surface area contributed by atoms with Gasteiger partial charge in [-0.15, -0.1) is 0 Å².